The summed E-state index contributed by atoms with van der Waals surface area (Å²) in [7, 11) is -3.56. The standard InChI is InChI=1S/C20H30N4O5S/c1-2-3-14-29-15-17-8-12-24(13-9-17)30(27,28)16-18(23-20(25)26)6-4-7-19-21-10-5-11-22-19/h5,10-11,17-18,23H,4,6-9,12-16H2,1H3,(H,25,26). The summed E-state index contributed by atoms with van der Waals surface area (Å²) >= 11 is 0. The molecule has 0 aliphatic carbocycles. The molecule has 2 rings (SSSR count). The fraction of sp³-hybridized carbons (Fsp3) is 0.650. The summed E-state index contributed by atoms with van der Waals surface area (Å²) in [6, 6.07) is 1.05. The maximum Gasteiger partial charge on any atom is 0.404 e. The Morgan fingerprint density at radius 3 is 2.70 bits per heavy atom. The van der Waals surface area contributed by atoms with E-state index in [9.17, 15) is 13.2 Å². The molecule has 1 saturated heterocycles. The van der Waals surface area contributed by atoms with Crippen LogP contribution in [0.15, 0.2) is 18.5 Å². The summed E-state index contributed by atoms with van der Waals surface area (Å²) in [5.74, 6) is 6.34. The van der Waals surface area contributed by atoms with Gasteiger partial charge in [0.15, 0.2) is 0 Å². The molecule has 9 nitrogen and oxygen atoms in total. The van der Waals surface area contributed by atoms with Crippen molar-refractivity contribution >= 4 is 16.1 Å². The van der Waals surface area contributed by atoms with Crippen molar-refractivity contribution in [3.8, 4) is 11.8 Å². The number of nitrogens with one attached hydrogen (secondary N) is 1. The van der Waals surface area contributed by atoms with Crippen LogP contribution in [0.4, 0.5) is 4.79 Å². The first kappa shape index (κ1) is 24.1. The smallest absolute Gasteiger partial charge is 0.404 e. The monoisotopic (exact) mass is 438 g/mol. The van der Waals surface area contributed by atoms with Gasteiger partial charge in [-0.3, -0.25) is 0 Å². The van der Waals surface area contributed by atoms with E-state index in [-0.39, 0.29) is 5.75 Å². The number of aromatic nitrogens is 2. The van der Waals surface area contributed by atoms with Crippen LogP contribution in [-0.2, 0) is 21.2 Å². The van der Waals surface area contributed by atoms with E-state index in [0.717, 1.165) is 12.8 Å². The largest absolute Gasteiger partial charge is 0.465 e. The summed E-state index contributed by atoms with van der Waals surface area (Å²) in [6.45, 7) is 3.58. The molecule has 0 bridgehead atoms. The van der Waals surface area contributed by atoms with Crippen molar-refractivity contribution in [1.82, 2.24) is 19.6 Å². The van der Waals surface area contributed by atoms with E-state index < -0.39 is 22.2 Å². The third kappa shape index (κ3) is 8.65. The number of piperidine rings is 1. The lowest BCUT2D eigenvalue weighted by molar-refractivity contribution is 0.101. The Hall–Kier alpha value is -2.22. The first-order valence-electron chi connectivity index (χ1n) is 10.1. The van der Waals surface area contributed by atoms with Crippen molar-refractivity contribution in [1.29, 1.82) is 0 Å². The highest BCUT2D eigenvalue weighted by Gasteiger charge is 2.30. The number of carbonyl (C=O) groups is 1. The number of carboxylic acid groups (broad SMARTS) is 1. The molecular weight excluding hydrogens is 408 g/mol. The van der Waals surface area contributed by atoms with Crippen LogP contribution < -0.4 is 5.32 Å². The Labute approximate surface area is 178 Å². The molecule has 0 spiro atoms. The number of nitrogens with zero attached hydrogens (tertiary/aromatic N) is 3. The minimum atomic E-state index is -3.56. The zero-order valence-corrected chi connectivity index (χ0v) is 18.1. The van der Waals surface area contributed by atoms with Gasteiger partial charge in [-0.25, -0.2) is 27.5 Å². The highest BCUT2D eigenvalue weighted by Crippen LogP contribution is 2.21. The molecular formula is C20H30N4O5S. The lowest BCUT2D eigenvalue weighted by Crippen LogP contribution is -2.46. The van der Waals surface area contributed by atoms with Gasteiger partial charge in [0.25, 0.3) is 0 Å². The molecule has 0 aromatic carbocycles. The van der Waals surface area contributed by atoms with E-state index in [1.807, 2.05) is 0 Å². The Balaban J connectivity index is 1.83. The van der Waals surface area contributed by atoms with Crippen LogP contribution in [0, 0.1) is 17.8 Å². The lowest BCUT2D eigenvalue weighted by atomic mass is 9.99. The van der Waals surface area contributed by atoms with Crippen LogP contribution in [0.1, 0.15) is 38.4 Å². The summed E-state index contributed by atoms with van der Waals surface area (Å²) < 4.78 is 32.6. The molecule has 1 amide bonds. The lowest BCUT2D eigenvalue weighted by Gasteiger charge is -2.32. The molecule has 0 saturated carbocycles. The molecule has 0 radical (unpaired) electrons. The molecule has 1 atom stereocenters. The Bertz CT molecular complexity index is 815. The van der Waals surface area contributed by atoms with Crippen LogP contribution in [0.5, 0.6) is 0 Å². The predicted molar refractivity (Wildman–Crippen MR) is 112 cm³/mol. The minimum absolute atomic E-state index is 0.248. The molecule has 166 valence electrons. The van der Waals surface area contributed by atoms with Crippen molar-refractivity contribution in [3.63, 3.8) is 0 Å². The average molecular weight is 439 g/mol. The van der Waals surface area contributed by atoms with E-state index in [1.165, 1.54) is 4.31 Å². The second-order valence-electron chi connectivity index (χ2n) is 7.27. The number of aryl methyl sites for hydroxylation is 1. The van der Waals surface area contributed by atoms with E-state index in [1.54, 1.807) is 25.4 Å². The molecule has 1 aromatic rings. The van der Waals surface area contributed by atoms with Crippen LogP contribution in [0.2, 0.25) is 0 Å². The molecule has 2 heterocycles. The SMILES string of the molecule is CC#CCOCC1CCN(S(=O)(=O)CC(CCCc2ncccn2)NC(=O)O)CC1. The third-order valence-corrected chi connectivity index (χ3v) is 6.96. The topological polar surface area (TPSA) is 122 Å². The van der Waals surface area contributed by atoms with Gasteiger partial charge in [-0.05, 0) is 44.6 Å². The van der Waals surface area contributed by atoms with Crippen molar-refractivity contribution in [2.75, 3.05) is 32.1 Å². The molecule has 1 fully saturated rings. The highest BCUT2D eigenvalue weighted by molar-refractivity contribution is 7.89. The number of amides is 1. The fourth-order valence-corrected chi connectivity index (χ4v) is 5.14. The van der Waals surface area contributed by atoms with E-state index in [4.69, 9.17) is 9.84 Å². The van der Waals surface area contributed by atoms with Crippen LogP contribution >= 0.6 is 0 Å². The van der Waals surface area contributed by atoms with Gasteiger partial charge < -0.3 is 15.2 Å². The summed E-state index contributed by atoms with van der Waals surface area (Å²) in [6.07, 6.45) is 5.06. The van der Waals surface area contributed by atoms with E-state index in [2.05, 4.69) is 27.1 Å². The van der Waals surface area contributed by atoms with Gasteiger partial charge in [0.2, 0.25) is 10.0 Å². The summed E-state index contributed by atoms with van der Waals surface area (Å²) in [5, 5.41) is 11.4. The zero-order valence-electron chi connectivity index (χ0n) is 17.3. The van der Waals surface area contributed by atoms with Gasteiger partial charge in [-0.15, -0.1) is 5.92 Å². The molecule has 10 heteroatoms. The van der Waals surface area contributed by atoms with E-state index in [0.29, 0.717) is 57.3 Å². The average Bonchev–Trinajstić information content (AvgIpc) is 2.71. The summed E-state index contributed by atoms with van der Waals surface area (Å²) in [4.78, 5) is 19.4. The van der Waals surface area contributed by atoms with E-state index >= 15 is 0 Å². The Morgan fingerprint density at radius 2 is 2.07 bits per heavy atom. The van der Waals surface area contributed by atoms with Crippen molar-refractivity contribution < 1.29 is 23.1 Å². The Kier molecular flexibility index (Phi) is 10.00. The van der Waals surface area contributed by atoms with Crippen LogP contribution in [-0.4, -0.2) is 72.0 Å². The minimum Gasteiger partial charge on any atom is -0.465 e. The zero-order chi connectivity index (χ0) is 21.8. The number of rotatable bonds is 11. The van der Waals surface area contributed by atoms with Crippen molar-refractivity contribution in [2.24, 2.45) is 5.92 Å². The van der Waals surface area contributed by atoms with Gasteiger partial charge in [-0.1, -0.05) is 5.92 Å². The first-order valence-corrected chi connectivity index (χ1v) is 11.7. The summed E-state index contributed by atoms with van der Waals surface area (Å²) in [5.41, 5.74) is 0. The number of hydrogen-bond acceptors (Lipinski definition) is 6. The van der Waals surface area contributed by atoms with Crippen molar-refractivity contribution in [3.05, 3.63) is 24.3 Å². The number of hydrogen-bond donors (Lipinski definition) is 2. The fourth-order valence-electron chi connectivity index (χ4n) is 3.40. The molecule has 1 unspecified atom stereocenters. The highest BCUT2D eigenvalue weighted by atomic mass is 32.2. The molecule has 2 N–H and O–H groups in total. The molecule has 1 aromatic heterocycles. The number of sulfonamides is 1. The molecule has 30 heavy (non-hydrogen) atoms. The maximum atomic E-state index is 12.8. The van der Waals surface area contributed by atoms with Crippen LogP contribution in [0.25, 0.3) is 0 Å². The Morgan fingerprint density at radius 1 is 1.37 bits per heavy atom. The maximum absolute atomic E-state index is 12.8. The van der Waals surface area contributed by atoms with Gasteiger partial charge in [0.1, 0.15) is 12.4 Å². The van der Waals surface area contributed by atoms with Gasteiger partial charge in [0.05, 0.1) is 12.4 Å². The molecule has 1 aliphatic heterocycles. The first-order chi connectivity index (χ1) is 14.4. The quantitative estimate of drug-likeness (QED) is 0.397. The van der Waals surface area contributed by atoms with Gasteiger partial charge >= 0.3 is 6.09 Å². The second kappa shape index (κ2) is 12.5. The van der Waals surface area contributed by atoms with Gasteiger partial charge in [0, 0.05) is 37.9 Å². The normalized spacial score (nSPS) is 16.4. The van der Waals surface area contributed by atoms with Crippen LogP contribution in [0.3, 0.4) is 0 Å². The van der Waals surface area contributed by atoms with Gasteiger partial charge in [-0.2, -0.15) is 0 Å². The van der Waals surface area contributed by atoms with Crippen molar-refractivity contribution in [2.45, 2.75) is 45.1 Å². The second-order valence-corrected chi connectivity index (χ2v) is 9.28. The third-order valence-electron chi connectivity index (χ3n) is 4.98. The molecule has 1 aliphatic rings. The predicted octanol–water partition coefficient (Wildman–Crippen LogP) is 1.52. The number of ether oxygens (including phenoxy) is 1.